The van der Waals surface area contributed by atoms with Crippen molar-refractivity contribution in [3.63, 3.8) is 0 Å². The van der Waals surface area contributed by atoms with E-state index in [9.17, 15) is 0 Å². The Kier molecular flexibility index (Phi) is 5.61. The van der Waals surface area contributed by atoms with Crippen LogP contribution in [-0.2, 0) is 0 Å². The molecule has 3 aromatic carbocycles. The molecule has 4 rings (SSSR count). The molecule has 0 spiro atoms. The number of rotatable bonds is 1. The maximum absolute atomic E-state index is 6.33. The van der Waals surface area contributed by atoms with Crippen LogP contribution in [0, 0.1) is 0 Å². The summed E-state index contributed by atoms with van der Waals surface area (Å²) in [5, 5.41) is 0.659. The van der Waals surface area contributed by atoms with E-state index in [1.807, 2.05) is 0 Å². The zero-order chi connectivity index (χ0) is 23.1. The molecule has 0 aliphatic rings. The van der Waals surface area contributed by atoms with Gasteiger partial charge in [-0.25, -0.2) is 0 Å². The summed E-state index contributed by atoms with van der Waals surface area (Å²) in [5.74, 6) is 0. The number of fused-ring (bicyclic) bond motifs is 3. The van der Waals surface area contributed by atoms with Crippen molar-refractivity contribution in [3.8, 4) is 11.1 Å². The molecule has 0 N–H and O–H groups in total. The molecule has 1 heterocycles. The zero-order valence-corrected chi connectivity index (χ0v) is 17.7. The molecule has 4 aromatic rings. The molecule has 0 unspecified atom stereocenters. The SMILES string of the molecule is [B]c1c([B])c(-c2c([B])c([B])c([B])c3c2oc2c([B])c([B])c([B])c([B])c23)c([B])c([B])c1Br. The lowest BCUT2D eigenvalue weighted by atomic mass is 9.61. The third kappa shape index (κ3) is 2.98. The molecule has 118 valence electrons. The number of furan rings is 1. The first-order chi connectivity index (χ1) is 14.4. The number of hydrogen-bond acceptors (Lipinski definition) is 1. The number of benzene rings is 3. The first kappa shape index (κ1) is 22.8. The van der Waals surface area contributed by atoms with Crippen molar-refractivity contribution in [3.05, 3.63) is 4.47 Å². The van der Waals surface area contributed by atoms with Gasteiger partial charge in [-0.3, -0.25) is 0 Å². The summed E-state index contributed by atoms with van der Waals surface area (Å²) in [4.78, 5) is 0. The molecular weight excluding hydrogens is 431 g/mol. The third-order valence-corrected chi connectivity index (χ3v) is 6.34. The zero-order valence-electron chi connectivity index (χ0n) is 16.1. The fourth-order valence-electron chi connectivity index (χ4n) is 3.71. The van der Waals surface area contributed by atoms with Crippen LogP contribution in [0.25, 0.3) is 33.1 Å². The quantitative estimate of drug-likeness (QED) is 0.274. The van der Waals surface area contributed by atoms with Crippen molar-refractivity contribution in [2.24, 2.45) is 0 Å². The lowest BCUT2D eigenvalue weighted by molar-refractivity contribution is 0.673. The molecule has 1 nitrogen and oxygen atoms in total. The molecule has 0 saturated heterocycles. The van der Waals surface area contributed by atoms with Crippen molar-refractivity contribution >= 4 is 184 Å². The topological polar surface area (TPSA) is 13.1 Å². The van der Waals surface area contributed by atoms with Crippen LogP contribution in [0.15, 0.2) is 8.89 Å². The molecular formula is C18B11BrO. The Bertz CT molecular complexity index is 1430. The lowest BCUT2D eigenvalue weighted by Gasteiger charge is -2.23. The molecule has 0 fully saturated rings. The molecule has 22 radical (unpaired) electrons. The molecule has 0 bridgehead atoms. The Morgan fingerprint density at radius 3 is 1.29 bits per heavy atom. The van der Waals surface area contributed by atoms with Crippen LogP contribution in [0.1, 0.15) is 0 Å². The maximum Gasteiger partial charge on any atom is 0.141 e. The summed E-state index contributed by atoms with van der Waals surface area (Å²) in [7, 11) is 68.0. The summed E-state index contributed by atoms with van der Waals surface area (Å²) in [6.45, 7) is 0. The molecule has 13 heteroatoms. The second-order valence-electron chi connectivity index (χ2n) is 7.12. The first-order valence-corrected chi connectivity index (χ1v) is 9.57. The van der Waals surface area contributed by atoms with E-state index in [1.165, 1.54) is 0 Å². The highest BCUT2D eigenvalue weighted by Gasteiger charge is 2.24. The van der Waals surface area contributed by atoms with E-state index < -0.39 is 0 Å². The van der Waals surface area contributed by atoms with Crippen LogP contribution in [-0.4, -0.2) is 86.3 Å². The highest BCUT2D eigenvalue weighted by Crippen LogP contribution is 2.30. The second kappa shape index (κ2) is 7.61. The van der Waals surface area contributed by atoms with Crippen LogP contribution in [0.3, 0.4) is 0 Å². The monoisotopic (exact) mass is 432 g/mol. The Morgan fingerprint density at radius 1 is 0.387 bits per heavy atom. The Hall–Kier alpha value is -1.35. The van der Waals surface area contributed by atoms with Crippen molar-refractivity contribution in [1.29, 1.82) is 0 Å². The van der Waals surface area contributed by atoms with Crippen molar-refractivity contribution in [2.45, 2.75) is 0 Å². The molecule has 0 saturated carbocycles. The summed E-state index contributed by atoms with van der Waals surface area (Å²) < 4.78 is 6.41. The Labute approximate surface area is 203 Å². The second-order valence-corrected chi connectivity index (χ2v) is 7.92. The van der Waals surface area contributed by atoms with Gasteiger partial charge >= 0.3 is 0 Å². The summed E-state index contributed by atoms with van der Waals surface area (Å²) >= 11 is 3.27. The number of halogens is 1. The van der Waals surface area contributed by atoms with Gasteiger partial charge in [0.05, 0.1) is 0 Å². The Morgan fingerprint density at radius 2 is 0.774 bits per heavy atom. The maximum atomic E-state index is 6.33. The predicted molar refractivity (Wildman–Crippen MR) is 146 cm³/mol. The van der Waals surface area contributed by atoms with E-state index in [2.05, 4.69) is 15.9 Å². The molecule has 0 aliphatic heterocycles. The van der Waals surface area contributed by atoms with Crippen LogP contribution in [0.5, 0.6) is 0 Å². The van der Waals surface area contributed by atoms with Gasteiger partial charge in [0.25, 0.3) is 0 Å². The smallest absolute Gasteiger partial charge is 0.141 e. The molecule has 1 aromatic heterocycles. The normalized spacial score (nSPS) is 11.5. The van der Waals surface area contributed by atoms with E-state index in [1.54, 1.807) is 0 Å². The molecule has 31 heavy (non-hydrogen) atoms. The molecule has 0 amide bonds. The van der Waals surface area contributed by atoms with E-state index >= 15 is 0 Å². The van der Waals surface area contributed by atoms with E-state index in [0.717, 1.165) is 0 Å². The third-order valence-electron chi connectivity index (χ3n) is 5.48. The van der Waals surface area contributed by atoms with Gasteiger partial charge in [-0.1, -0.05) is 59.6 Å². The summed E-state index contributed by atoms with van der Waals surface area (Å²) in [6.07, 6.45) is 0. The van der Waals surface area contributed by atoms with Crippen LogP contribution in [0.2, 0.25) is 0 Å². The molecule has 0 aliphatic carbocycles. The van der Waals surface area contributed by atoms with E-state index in [4.69, 9.17) is 90.7 Å². The summed E-state index contributed by atoms with van der Waals surface area (Å²) in [6, 6.07) is 0. The average molecular weight is 431 g/mol. The number of hydrogen-bond donors (Lipinski definition) is 0. The minimum Gasteiger partial charge on any atom is -0.456 e. The average Bonchev–Trinajstić information content (AvgIpc) is 3.14. The lowest BCUT2D eigenvalue weighted by Crippen LogP contribution is -2.48. The predicted octanol–water partition coefficient (Wildman–Crippen LogP) is -7.25. The Balaban J connectivity index is 2.36. The van der Waals surface area contributed by atoms with E-state index in [-0.39, 0.29) is 82.4 Å². The summed E-state index contributed by atoms with van der Waals surface area (Å²) in [5.41, 5.74) is 1.90. The van der Waals surface area contributed by atoms with Gasteiger partial charge in [-0.15, -0.1) is 16.4 Å². The van der Waals surface area contributed by atoms with Gasteiger partial charge in [0.15, 0.2) is 0 Å². The van der Waals surface area contributed by atoms with Gasteiger partial charge < -0.3 is 4.42 Å². The minimum absolute atomic E-state index is 0.0532. The standard InChI is InChI=1S/C18B11BrO/c19-5-1(6(20)14(28)16(30)13(5)27)2-7(21)10(24)8(22)3-4-9(23)11(25)12(26)15(29)18(4)31-17(2)3. The van der Waals surface area contributed by atoms with E-state index in [0.29, 0.717) is 15.2 Å². The van der Waals surface area contributed by atoms with Gasteiger partial charge in [-0.2, -0.15) is 0 Å². The minimum atomic E-state index is 0.0532. The van der Waals surface area contributed by atoms with Crippen LogP contribution < -0.4 is 60.1 Å². The fourth-order valence-corrected chi connectivity index (χ4v) is 4.14. The largest absolute Gasteiger partial charge is 0.456 e. The highest BCUT2D eigenvalue weighted by atomic mass is 79.9. The van der Waals surface area contributed by atoms with Crippen molar-refractivity contribution in [2.75, 3.05) is 0 Å². The van der Waals surface area contributed by atoms with Gasteiger partial charge in [-0.05, 0) is 5.56 Å². The van der Waals surface area contributed by atoms with Crippen molar-refractivity contribution < 1.29 is 4.42 Å². The first-order valence-electron chi connectivity index (χ1n) is 8.77. The van der Waals surface area contributed by atoms with Crippen molar-refractivity contribution in [1.82, 2.24) is 0 Å². The van der Waals surface area contributed by atoms with Crippen LogP contribution in [0.4, 0.5) is 0 Å². The fraction of sp³-hybridized carbons (Fsp3) is 0. The van der Waals surface area contributed by atoms with Gasteiger partial charge in [0, 0.05) is 20.8 Å². The van der Waals surface area contributed by atoms with Gasteiger partial charge in [0.2, 0.25) is 0 Å². The van der Waals surface area contributed by atoms with Crippen LogP contribution >= 0.6 is 15.9 Å². The van der Waals surface area contributed by atoms with Gasteiger partial charge in [0.1, 0.15) is 97.5 Å². The highest BCUT2D eigenvalue weighted by molar-refractivity contribution is 9.10. The molecule has 0 atom stereocenters.